The number of hydrogen-bond donors (Lipinski definition) is 1. The van der Waals surface area contributed by atoms with E-state index >= 15 is 0 Å². The normalized spacial score (nSPS) is 11.6. The quantitative estimate of drug-likeness (QED) is 0.745. The van der Waals surface area contributed by atoms with Crippen molar-refractivity contribution in [2.45, 2.75) is 12.6 Å². The van der Waals surface area contributed by atoms with E-state index < -0.39 is 0 Å². The third-order valence-corrected chi connectivity index (χ3v) is 4.10. The molecule has 0 aliphatic rings. The molecule has 2 aromatic carbocycles. The van der Waals surface area contributed by atoms with E-state index in [1.165, 1.54) is 10.6 Å². The highest BCUT2D eigenvalue weighted by Crippen LogP contribution is 2.24. The number of ether oxygens (including phenoxy) is 1. The first-order valence-corrected chi connectivity index (χ1v) is 8.31. The molecular formula is C21H20N2O3. The van der Waals surface area contributed by atoms with Gasteiger partial charge < -0.3 is 14.6 Å². The molecule has 1 heterocycles. The molecule has 1 N–H and O–H groups in total. The summed E-state index contributed by atoms with van der Waals surface area (Å²) in [6, 6.07) is 21.8. The predicted octanol–water partition coefficient (Wildman–Crippen LogP) is 2.76. The third-order valence-electron chi connectivity index (χ3n) is 4.10. The lowest BCUT2D eigenvalue weighted by Gasteiger charge is -2.20. The fourth-order valence-corrected chi connectivity index (χ4v) is 2.75. The SMILES string of the molecule is COc1ccc(C(NC(=O)Cn2ccccc2=O)c2ccccc2)cc1. The summed E-state index contributed by atoms with van der Waals surface area (Å²) in [6.07, 6.45) is 1.60. The van der Waals surface area contributed by atoms with Crippen molar-refractivity contribution in [1.29, 1.82) is 0 Å². The van der Waals surface area contributed by atoms with Crippen LogP contribution in [-0.4, -0.2) is 17.6 Å². The van der Waals surface area contributed by atoms with E-state index in [9.17, 15) is 9.59 Å². The lowest BCUT2D eigenvalue weighted by Crippen LogP contribution is -2.34. The minimum absolute atomic E-state index is 0.0286. The van der Waals surface area contributed by atoms with Gasteiger partial charge in [-0.15, -0.1) is 0 Å². The number of aromatic nitrogens is 1. The highest BCUT2D eigenvalue weighted by atomic mass is 16.5. The first kappa shape index (κ1) is 17.5. The molecule has 0 radical (unpaired) electrons. The Labute approximate surface area is 151 Å². The summed E-state index contributed by atoms with van der Waals surface area (Å²) in [7, 11) is 1.61. The van der Waals surface area contributed by atoms with Gasteiger partial charge in [0.25, 0.3) is 5.56 Å². The molecule has 132 valence electrons. The van der Waals surface area contributed by atoms with Gasteiger partial charge >= 0.3 is 0 Å². The van der Waals surface area contributed by atoms with Crippen LogP contribution in [-0.2, 0) is 11.3 Å². The summed E-state index contributed by atoms with van der Waals surface area (Å²) >= 11 is 0. The Hall–Kier alpha value is -3.34. The van der Waals surface area contributed by atoms with Crippen LogP contribution in [0.2, 0.25) is 0 Å². The van der Waals surface area contributed by atoms with E-state index in [1.54, 1.807) is 25.4 Å². The first-order valence-electron chi connectivity index (χ1n) is 8.31. The van der Waals surface area contributed by atoms with Crippen molar-refractivity contribution in [3.63, 3.8) is 0 Å². The number of carbonyl (C=O) groups excluding carboxylic acids is 1. The smallest absolute Gasteiger partial charge is 0.250 e. The van der Waals surface area contributed by atoms with Crippen molar-refractivity contribution in [3.8, 4) is 5.75 Å². The van der Waals surface area contributed by atoms with Gasteiger partial charge in [0.1, 0.15) is 12.3 Å². The van der Waals surface area contributed by atoms with E-state index in [2.05, 4.69) is 5.32 Å². The summed E-state index contributed by atoms with van der Waals surface area (Å²) in [5.74, 6) is 0.519. The van der Waals surface area contributed by atoms with Crippen molar-refractivity contribution in [2.75, 3.05) is 7.11 Å². The molecule has 0 aliphatic heterocycles. The molecule has 1 unspecified atom stereocenters. The fourth-order valence-electron chi connectivity index (χ4n) is 2.75. The zero-order valence-electron chi connectivity index (χ0n) is 14.5. The fraction of sp³-hybridized carbons (Fsp3) is 0.143. The molecule has 1 amide bonds. The molecule has 3 rings (SSSR count). The maximum atomic E-state index is 12.5. The van der Waals surface area contributed by atoms with Crippen molar-refractivity contribution in [2.24, 2.45) is 0 Å². The zero-order chi connectivity index (χ0) is 18.4. The molecule has 0 saturated heterocycles. The van der Waals surface area contributed by atoms with Crippen molar-refractivity contribution in [3.05, 3.63) is 100 Å². The zero-order valence-corrected chi connectivity index (χ0v) is 14.5. The molecule has 0 saturated carbocycles. The minimum Gasteiger partial charge on any atom is -0.497 e. The summed E-state index contributed by atoms with van der Waals surface area (Å²) in [4.78, 5) is 24.4. The summed E-state index contributed by atoms with van der Waals surface area (Å²) in [5.41, 5.74) is 1.69. The van der Waals surface area contributed by atoms with Crippen LogP contribution >= 0.6 is 0 Å². The average Bonchev–Trinajstić information content (AvgIpc) is 2.69. The lowest BCUT2D eigenvalue weighted by molar-refractivity contribution is -0.122. The largest absolute Gasteiger partial charge is 0.497 e. The average molecular weight is 348 g/mol. The Bertz CT molecular complexity index is 918. The molecule has 0 bridgehead atoms. The van der Waals surface area contributed by atoms with E-state index in [0.29, 0.717) is 0 Å². The molecule has 5 heteroatoms. The van der Waals surface area contributed by atoms with Gasteiger partial charge in [0.15, 0.2) is 0 Å². The Morgan fingerprint density at radius 2 is 1.62 bits per heavy atom. The summed E-state index contributed by atoms with van der Waals surface area (Å²) in [6.45, 7) is -0.0286. The van der Waals surface area contributed by atoms with Crippen LogP contribution in [0.3, 0.4) is 0 Å². The van der Waals surface area contributed by atoms with E-state index in [-0.39, 0.29) is 24.1 Å². The highest BCUT2D eigenvalue weighted by Gasteiger charge is 2.17. The van der Waals surface area contributed by atoms with Crippen LogP contribution in [0.25, 0.3) is 0 Å². The topological polar surface area (TPSA) is 60.3 Å². The summed E-state index contributed by atoms with van der Waals surface area (Å²) in [5, 5.41) is 3.02. The molecular weight excluding hydrogens is 328 g/mol. The Morgan fingerprint density at radius 3 is 2.27 bits per heavy atom. The number of benzene rings is 2. The van der Waals surface area contributed by atoms with Crippen molar-refractivity contribution < 1.29 is 9.53 Å². The van der Waals surface area contributed by atoms with E-state index in [0.717, 1.165) is 16.9 Å². The number of amides is 1. The van der Waals surface area contributed by atoms with Crippen LogP contribution in [0.4, 0.5) is 0 Å². The van der Waals surface area contributed by atoms with Gasteiger partial charge in [-0.25, -0.2) is 0 Å². The molecule has 0 aliphatic carbocycles. The number of rotatable bonds is 6. The Morgan fingerprint density at radius 1 is 0.962 bits per heavy atom. The monoisotopic (exact) mass is 348 g/mol. The molecule has 3 aromatic rings. The van der Waals surface area contributed by atoms with E-state index in [4.69, 9.17) is 4.74 Å². The second kappa shape index (κ2) is 8.16. The van der Waals surface area contributed by atoms with Gasteiger partial charge in [-0.1, -0.05) is 48.5 Å². The highest BCUT2D eigenvalue weighted by molar-refractivity contribution is 5.76. The maximum Gasteiger partial charge on any atom is 0.250 e. The predicted molar refractivity (Wildman–Crippen MR) is 100 cm³/mol. The van der Waals surface area contributed by atoms with Crippen molar-refractivity contribution >= 4 is 5.91 Å². The van der Waals surface area contributed by atoms with Gasteiger partial charge in [-0.3, -0.25) is 9.59 Å². The molecule has 1 aromatic heterocycles. The number of carbonyl (C=O) groups is 1. The minimum atomic E-state index is -0.311. The van der Waals surface area contributed by atoms with Crippen LogP contribution in [0.1, 0.15) is 17.2 Å². The molecule has 1 atom stereocenters. The van der Waals surface area contributed by atoms with Crippen LogP contribution in [0.15, 0.2) is 83.8 Å². The van der Waals surface area contributed by atoms with Gasteiger partial charge in [0.2, 0.25) is 5.91 Å². The van der Waals surface area contributed by atoms with E-state index in [1.807, 2.05) is 54.6 Å². The number of methoxy groups -OCH3 is 1. The van der Waals surface area contributed by atoms with Gasteiger partial charge in [-0.05, 0) is 29.3 Å². The van der Waals surface area contributed by atoms with Gasteiger partial charge in [0.05, 0.1) is 13.2 Å². The second-order valence-corrected chi connectivity index (χ2v) is 5.85. The third kappa shape index (κ3) is 4.19. The number of pyridine rings is 1. The molecule has 0 spiro atoms. The van der Waals surface area contributed by atoms with Crippen LogP contribution in [0, 0.1) is 0 Å². The number of hydrogen-bond acceptors (Lipinski definition) is 3. The lowest BCUT2D eigenvalue weighted by atomic mass is 9.98. The second-order valence-electron chi connectivity index (χ2n) is 5.85. The standard InChI is InChI=1S/C21H20N2O3/c1-26-18-12-10-17(11-13-18)21(16-7-3-2-4-8-16)22-19(24)15-23-14-6-5-9-20(23)25/h2-14,21H,15H2,1H3,(H,22,24). The Kier molecular flexibility index (Phi) is 5.49. The Balaban J connectivity index is 1.85. The number of nitrogens with one attached hydrogen (secondary N) is 1. The summed E-state index contributed by atoms with van der Waals surface area (Å²) < 4.78 is 6.58. The van der Waals surface area contributed by atoms with Crippen molar-refractivity contribution in [1.82, 2.24) is 9.88 Å². The molecule has 0 fully saturated rings. The van der Waals surface area contributed by atoms with Crippen LogP contribution in [0.5, 0.6) is 5.75 Å². The van der Waals surface area contributed by atoms with Gasteiger partial charge in [-0.2, -0.15) is 0 Å². The molecule has 26 heavy (non-hydrogen) atoms. The number of nitrogens with zero attached hydrogens (tertiary/aromatic N) is 1. The van der Waals surface area contributed by atoms with Crippen LogP contribution < -0.4 is 15.6 Å². The first-order chi connectivity index (χ1) is 12.7. The molecule has 5 nitrogen and oxygen atoms in total. The maximum absolute atomic E-state index is 12.5. The van der Waals surface area contributed by atoms with Gasteiger partial charge in [0, 0.05) is 12.3 Å².